The number of benzene rings is 3. The number of anilines is 2. The molecule has 3 aromatic carbocycles. The maximum absolute atomic E-state index is 13.1. The Kier molecular flexibility index (Phi) is 6.66. The Morgan fingerprint density at radius 3 is 2.30 bits per heavy atom. The molecule has 8 heteroatoms. The van der Waals surface area contributed by atoms with E-state index < -0.39 is 11.9 Å². The zero-order valence-corrected chi connectivity index (χ0v) is 18.9. The molecule has 1 heterocycles. The summed E-state index contributed by atoms with van der Waals surface area (Å²) in [6.07, 6.45) is 0. The number of thiazole rings is 1. The fraction of sp³-hybridized carbons (Fsp3) is 0.0800. The third kappa shape index (κ3) is 5.36. The summed E-state index contributed by atoms with van der Waals surface area (Å²) in [6, 6.07) is 23.0. The van der Waals surface area contributed by atoms with Crippen molar-refractivity contribution in [1.82, 2.24) is 10.4 Å². The zero-order valence-electron chi connectivity index (χ0n) is 18.1. The topological polar surface area (TPSA) is 83.6 Å². The number of urea groups is 1. The number of methoxy groups -OCH3 is 1. The van der Waals surface area contributed by atoms with Crippen molar-refractivity contribution in [1.29, 1.82) is 0 Å². The summed E-state index contributed by atoms with van der Waals surface area (Å²) in [6.45, 7) is 1.94. The number of hydrazine groups is 1. The van der Waals surface area contributed by atoms with Crippen LogP contribution >= 0.6 is 11.3 Å². The van der Waals surface area contributed by atoms with Crippen molar-refractivity contribution in [2.45, 2.75) is 6.92 Å². The van der Waals surface area contributed by atoms with E-state index in [1.165, 1.54) is 11.3 Å². The van der Waals surface area contributed by atoms with Crippen molar-refractivity contribution >= 4 is 34.1 Å². The van der Waals surface area contributed by atoms with Gasteiger partial charge in [-0.15, -0.1) is 11.3 Å². The number of nitrogens with zero attached hydrogens (tertiary/aromatic N) is 2. The number of amides is 3. The van der Waals surface area contributed by atoms with E-state index in [4.69, 9.17) is 4.74 Å². The monoisotopic (exact) mass is 458 g/mol. The minimum atomic E-state index is -0.530. The van der Waals surface area contributed by atoms with Crippen molar-refractivity contribution in [3.63, 3.8) is 0 Å². The number of aryl methyl sites for hydroxylation is 1. The average molecular weight is 459 g/mol. The Morgan fingerprint density at radius 2 is 1.64 bits per heavy atom. The van der Waals surface area contributed by atoms with Gasteiger partial charge in [0.25, 0.3) is 5.91 Å². The van der Waals surface area contributed by atoms with Gasteiger partial charge in [-0.3, -0.25) is 10.2 Å². The van der Waals surface area contributed by atoms with Gasteiger partial charge in [0.2, 0.25) is 5.13 Å². The molecular weight excluding hydrogens is 436 g/mol. The highest BCUT2D eigenvalue weighted by Crippen LogP contribution is 2.28. The van der Waals surface area contributed by atoms with Crippen LogP contribution in [0.25, 0.3) is 11.3 Å². The SMILES string of the molecule is COc1ccc(-c2csc(N(NC(=O)c3ccc(C)cc3)C(=O)Nc3ccccc3)n2)cc1. The van der Waals surface area contributed by atoms with E-state index in [1.54, 1.807) is 31.4 Å². The number of ether oxygens (including phenoxy) is 1. The second kappa shape index (κ2) is 9.97. The molecule has 0 saturated carbocycles. The van der Waals surface area contributed by atoms with Crippen molar-refractivity contribution in [3.05, 3.63) is 95.4 Å². The number of carbonyl (C=O) groups excluding carboxylic acids is 2. The normalized spacial score (nSPS) is 10.4. The Balaban J connectivity index is 1.61. The van der Waals surface area contributed by atoms with E-state index in [1.807, 2.05) is 66.9 Å². The molecule has 0 fully saturated rings. The van der Waals surface area contributed by atoms with E-state index in [2.05, 4.69) is 15.7 Å². The molecule has 4 rings (SSSR count). The molecule has 0 bridgehead atoms. The maximum atomic E-state index is 13.1. The van der Waals surface area contributed by atoms with Crippen molar-refractivity contribution in [2.75, 3.05) is 17.4 Å². The van der Waals surface area contributed by atoms with Crippen LogP contribution in [0.3, 0.4) is 0 Å². The Hall–Kier alpha value is -4.17. The van der Waals surface area contributed by atoms with Gasteiger partial charge in [0, 0.05) is 22.2 Å². The van der Waals surface area contributed by atoms with E-state index in [-0.39, 0.29) is 0 Å². The van der Waals surface area contributed by atoms with Gasteiger partial charge in [-0.05, 0) is 55.5 Å². The minimum absolute atomic E-state index is 0.328. The molecule has 0 aliphatic carbocycles. The van der Waals surface area contributed by atoms with E-state index in [0.717, 1.165) is 21.9 Å². The minimum Gasteiger partial charge on any atom is -0.497 e. The third-order valence-corrected chi connectivity index (χ3v) is 5.65. The highest BCUT2D eigenvalue weighted by Gasteiger charge is 2.23. The molecule has 0 atom stereocenters. The van der Waals surface area contributed by atoms with Crippen LogP contribution in [0.4, 0.5) is 15.6 Å². The summed E-state index contributed by atoms with van der Waals surface area (Å²) in [4.78, 5) is 30.6. The lowest BCUT2D eigenvalue weighted by atomic mass is 10.1. The fourth-order valence-electron chi connectivity index (χ4n) is 3.02. The van der Waals surface area contributed by atoms with Crippen LogP contribution in [0.2, 0.25) is 0 Å². The molecule has 1 aromatic heterocycles. The zero-order chi connectivity index (χ0) is 23.2. The molecule has 2 N–H and O–H groups in total. The average Bonchev–Trinajstić information content (AvgIpc) is 3.33. The van der Waals surface area contributed by atoms with Gasteiger partial charge in [-0.2, -0.15) is 5.01 Å². The van der Waals surface area contributed by atoms with Crippen LogP contribution in [0.5, 0.6) is 5.75 Å². The quantitative estimate of drug-likeness (QED) is 0.386. The Labute approximate surface area is 195 Å². The van der Waals surface area contributed by atoms with Crippen molar-refractivity contribution in [2.24, 2.45) is 0 Å². The Morgan fingerprint density at radius 1 is 0.939 bits per heavy atom. The summed E-state index contributed by atoms with van der Waals surface area (Å²) in [5.74, 6) is 0.322. The first-order chi connectivity index (χ1) is 16.0. The second-order valence-corrected chi connectivity index (χ2v) is 8.02. The molecule has 0 aliphatic heterocycles. The molecule has 0 radical (unpaired) electrons. The number of nitrogens with one attached hydrogen (secondary N) is 2. The van der Waals surface area contributed by atoms with Crippen LogP contribution in [-0.4, -0.2) is 24.0 Å². The maximum Gasteiger partial charge on any atom is 0.347 e. The van der Waals surface area contributed by atoms with Gasteiger partial charge < -0.3 is 10.1 Å². The van der Waals surface area contributed by atoms with E-state index in [9.17, 15) is 9.59 Å². The molecule has 0 spiro atoms. The summed E-state index contributed by atoms with van der Waals surface area (Å²) in [5, 5.41) is 6.08. The summed E-state index contributed by atoms with van der Waals surface area (Å²) in [7, 11) is 1.61. The van der Waals surface area contributed by atoms with Crippen molar-refractivity contribution in [3.8, 4) is 17.0 Å². The molecule has 0 aliphatic rings. The molecule has 4 aromatic rings. The smallest absolute Gasteiger partial charge is 0.347 e. The highest BCUT2D eigenvalue weighted by molar-refractivity contribution is 7.14. The van der Waals surface area contributed by atoms with Crippen LogP contribution in [0.1, 0.15) is 15.9 Å². The number of hydrogen-bond donors (Lipinski definition) is 2. The van der Waals surface area contributed by atoms with Crippen LogP contribution in [-0.2, 0) is 0 Å². The lowest BCUT2D eigenvalue weighted by molar-refractivity contribution is 0.0951. The predicted octanol–water partition coefficient (Wildman–Crippen LogP) is 5.51. The molecular formula is C25H22N4O3S. The molecule has 166 valence electrons. The number of carbonyl (C=O) groups is 2. The second-order valence-electron chi connectivity index (χ2n) is 7.18. The fourth-order valence-corrected chi connectivity index (χ4v) is 3.81. The van der Waals surface area contributed by atoms with E-state index >= 15 is 0 Å². The van der Waals surface area contributed by atoms with Gasteiger partial charge in [0.1, 0.15) is 5.75 Å². The van der Waals surface area contributed by atoms with Gasteiger partial charge in [-0.1, -0.05) is 35.9 Å². The van der Waals surface area contributed by atoms with Crippen LogP contribution in [0.15, 0.2) is 84.2 Å². The number of para-hydroxylation sites is 1. The van der Waals surface area contributed by atoms with E-state index in [0.29, 0.717) is 22.1 Å². The summed E-state index contributed by atoms with van der Waals surface area (Å²) in [5.41, 5.74) is 6.30. The third-order valence-electron chi connectivity index (χ3n) is 4.82. The van der Waals surface area contributed by atoms with Gasteiger partial charge in [0.15, 0.2) is 0 Å². The molecule has 0 unspecified atom stereocenters. The largest absolute Gasteiger partial charge is 0.497 e. The first-order valence-electron chi connectivity index (χ1n) is 10.2. The Bertz CT molecular complexity index is 1240. The van der Waals surface area contributed by atoms with Gasteiger partial charge in [-0.25, -0.2) is 9.78 Å². The molecule has 0 saturated heterocycles. The van der Waals surface area contributed by atoms with Crippen LogP contribution < -0.4 is 20.5 Å². The first-order valence-corrected chi connectivity index (χ1v) is 11.1. The summed E-state index contributed by atoms with van der Waals surface area (Å²) < 4.78 is 5.20. The van der Waals surface area contributed by atoms with Crippen molar-refractivity contribution < 1.29 is 14.3 Å². The van der Waals surface area contributed by atoms with Gasteiger partial charge >= 0.3 is 6.03 Å². The molecule has 33 heavy (non-hydrogen) atoms. The summed E-state index contributed by atoms with van der Waals surface area (Å²) >= 11 is 1.25. The lowest BCUT2D eigenvalue weighted by Crippen LogP contribution is -2.48. The molecule has 3 amide bonds. The van der Waals surface area contributed by atoms with Crippen LogP contribution in [0, 0.1) is 6.92 Å². The highest BCUT2D eigenvalue weighted by atomic mass is 32.1. The molecule has 7 nitrogen and oxygen atoms in total. The number of rotatable bonds is 5. The predicted molar refractivity (Wildman–Crippen MR) is 131 cm³/mol. The standard InChI is InChI=1S/C25H22N4O3S/c1-17-8-10-19(11-9-17)23(30)28-29(24(31)26-20-6-4-3-5-7-20)25-27-22(16-33-25)18-12-14-21(32-2)15-13-18/h3-16H,1-2H3,(H,26,31)(H,28,30). The van der Waals surface area contributed by atoms with Gasteiger partial charge in [0.05, 0.1) is 12.8 Å². The first kappa shape index (κ1) is 22.0. The lowest BCUT2D eigenvalue weighted by Gasteiger charge is -2.21. The number of aromatic nitrogens is 1. The number of hydrogen-bond acceptors (Lipinski definition) is 5.